The topological polar surface area (TPSA) is 92.0 Å². The van der Waals surface area contributed by atoms with Gasteiger partial charge in [-0.25, -0.2) is 9.38 Å². The molecule has 8 heteroatoms. The average molecular weight is 401 g/mol. The van der Waals surface area contributed by atoms with Crippen molar-refractivity contribution < 1.29 is 13.9 Å². The lowest BCUT2D eigenvalue weighted by Gasteiger charge is -2.43. The fourth-order valence-corrected chi connectivity index (χ4v) is 4.28. The van der Waals surface area contributed by atoms with Crippen LogP contribution in [0, 0.1) is 5.82 Å². The van der Waals surface area contributed by atoms with E-state index in [1.165, 1.54) is 6.07 Å². The van der Waals surface area contributed by atoms with Crippen molar-refractivity contribution >= 4 is 12.2 Å². The molecule has 1 aliphatic carbocycles. The number of hydrogen-bond acceptors (Lipinski definition) is 6. The number of carbonyl (C=O) groups is 1. The summed E-state index contributed by atoms with van der Waals surface area (Å²) in [6, 6.07) is 3.27. The molecular weight excluding hydrogens is 373 g/mol. The lowest BCUT2D eigenvalue weighted by atomic mass is 10.0. The van der Waals surface area contributed by atoms with E-state index in [1.807, 2.05) is 0 Å². The third-order valence-corrected chi connectivity index (χ3v) is 5.96. The van der Waals surface area contributed by atoms with Gasteiger partial charge in [-0.2, -0.15) is 0 Å². The van der Waals surface area contributed by atoms with E-state index in [0.29, 0.717) is 25.2 Å². The summed E-state index contributed by atoms with van der Waals surface area (Å²) in [6.45, 7) is 3.16. The number of nitrogens with one attached hydrogen (secondary N) is 2. The zero-order valence-corrected chi connectivity index (χ0v) is 16.7. The molecule has 156 valence electrons. The van der Waals surface area contributed by atoms with Crippen LogP contribution in [0.1, 0.15) is 43.7 Å². The standard InChI is InChI=1S/C21H28FN5O2/c1-2-20(28)26-19-12-24-13-25-21(19,23)27-10-8-14(9-11-27)29-18-7-6-17(22)15-4-3-5-16(15)18/h6-7,12-14H,2-5,8-11,23H2,1H3,(H,24,25)(H,26,28). The minimum atomic E-state index is -1.10. The van der Waals surface area contributed by atoms with Gasteiger partial charge in [-0.15, -0.1) is 0 Å². The van der Waals surface area contributed by atoms with Crippen LogP contribution in [0.5, 0.6) is 5.75 Å². The SMILES string of the molecule is CCC(=O)NC1=CNC=NC1(N)N1CCC(Oc2ccc(F)c3c2CCC3)CC1. The second-order valence-electron chi connectivity index (χ2n) is 7.77. The number of benzene rings is 1. The summed E-state index contributed by atoms with van der Waals surface area (Å²) in [6.07, 6.45) is 7.86. The van der Waals surface area contributed by atoms with E-state index in [0.717, 1.165) is 49.0 Å². The molecule has 0 spiro atoms. The number of halogens is 1. The molecule has 1 atom stereocenters. The Morgan fingerprint density at radius 1 is 1.38 bits per heavy atom. The van der Waals surface area contributed by atoms with Crippen LogP contribution >= 0.6 is 0 Å². The molecule has 7 nitrogen and oxygen atoms in total. The molecule has 1 aromatic carbocycles. The van der Waals surface area contributed by atoms with Gasteiger partial charge >= 0.3 is 0 Å². The van der Waals surface area contributed by atoms with Gasteiger partial charge in [0.2, 0.25) is 11.7 Å². The van der Waals surface area contributed by atoms with Crippen molar-refractivity contribution in [2.24, 2.45) is 10.7 Å². The van der Waals surface area contributed by atoms with Gasteiger partial charge in [-0.05, 0) is 49.8 Å². The van der Waals surface area contributed by atoms with E-state index in [1.54, 1.807) is 25.5 Å². The van der Waals surface area contributed by atoms with Crippen LogP contribution in [0.2, 0.25) is 0 Å². The van der Waals surface area contributed by atoms with Gasteiger partial charge < -0.3 is 15.4 Å². The molecule has 29 heavy (non-hydrogen) atoms. The van der Waals surface area contributed by atoms with Crippen LogP contribution in [-0.4, -0.2) is 42.1 Å². The molecule has 0 saturated carbocycles. The normalized spacial score (nSPS) is 24.6. The maximum atomic E-state index is 14.0. The zero-order valence-electron chi connectivity index (χ0n) is 16.7. The van der Waals surface area contributed by atoms with E-state index in [2.05, 4.69) is 20.5 Å². The van der Waals surface area contributed by atoms with Crippen LogP contribution < -0.4 is 21.1 Å². The highest BCUT2D eigenvalue weighted by atomic mass is 19.1. The van der Waals surface area contributed by atoms with Gasteiger partial charge in [-0.1, -0.05) is 6.92 Å². The van der Waals surface area contributed by atoms with E-state index in [9.17, 15) is 9.18 Å². The Balaban J connectivity index is 1.41. The highest BCUT2D eigenvalue weighted by Crippen LogP contribution is 2.34. The summed E-state index contributed by atoms with van der Waals surface area (Å²) in [5.41, 5.74) is 8.97. The van der Waals surface area contributed by atoms with Crippen molar-refractivity contribution in [2.45, 2.75) is 57.3 Å². The molecule has 1 unspecified atom stereocenters. The Bertz CT molecular complexity index is 848. The van der Waals surface area contributed by atoms with E-state index in [4.69, 9.17) is 10.5 Å². The van der Waals surface area contributed by atoms with E-state index >= 15 is 0 Å². The lowest BCUT2D eigenvalue weighted by Crippen LogP contribution is -2.63. The van der Waals surface area contributed by atoms with Crippen LogP contribution in [0.15, 0.2) is 29.0 Å². The number of ether oxygens (including phenoxy) is 1. The molecular formula is C21H28FN5O2. The number of carbonyl (C=O) groups excluding carboxylic acids is 1. The minimum absolute atomic E-state index is 0.0494. The van der Waals surface area contributed by atoms with Gasteiger partial charge in [0, 0.05) is 31.3 Å². The first kappa shape index (κ1) is 19.8. The highest BCUT2D eigenvalue weighted by molar-refractivity contribution is 5.78. The second-order valence-corrected chi connectivity index (χ2v) is 7.77. The Hall–Kier alpha value is -2.45. The number of amides is 1. The first-order chi connectivity index (χ1) is 14.0. The summed E-state index contributed by atoms with van der Waals surface area (Å²) >= 11 is 0. The van der Waals surface area contributed by atoms with Gasteiger partial charge in [0.25, 0.3) is 0 Å². The largest absolute Gasteiger partial charge is 0.490 e. The van der Waals surface area contributed by atoms with Gasteiger partial charge in [0.1, 0.15) is 17.7 Å². The minimum Gasteiger partial charge on any atom is -0.490 e. The number of piperidine rings is 1. The number of aliphatic imine (C=N–C) groups is 1. The fourth-order valence-electron chi connectivity index (χ4n) is 4.28. The van der Waals surface area contributed by atoms with Gasteiger partial charge in [-0.3, -0.25) is 15.4 Å². The summed E-state index contributed by atoms with van der Waals surface area (Å²) in [5, 5.41) is 5.75. The quantitative estimate of drug-likeness (QED) is 0.699. The molecule has 3 aliphatic rings. The molecule has 1 amide bonds. The number of hydrogen-bond donors (Lipinski definition) is 3. The predicted octanol–water partition coefficient (Wildman–Crippen LogP) is 1.77. The number of likely N-dealkylation sites (tertiary alicyclic amines) is 1. The van der Waals surface area contributed by atoms with Crippen molar-refractivity contribution in [3.63, 3.8) is 0 Å². The average Bonchev–Trinajstić information content (AvgIpc) is 3.23. The van der Waals surface area contributed by atoms with Crippen LogP contribution in [-0.2, 0) is 17.6 Å². The van der Waals surface area contributed by atoms with Crippen molar-refractivity contribution in [1.82, 2.24) is 15.5 Å². The molecule has 1 fully saturated rings. The summed E-state index contributed by atoms with van der Waals surface area (Å²) in [7, 11) is 0. The Morgan fingerprint density at radius 2 is 2.14 bits per heavy atom. The molecule has 0 radical (unpaired) electrons. The summed E-state index contributed by atoms with van der Waals surface area (Å²) in [5.74, 6) is -0.510. The Labute approximate surface area is 170 Å². The number of nitrogens with zero attached hydrogens (tertiary/aromatic N) is 2. The van der Waals surface area contributed by atoms with E-state index in [-0.39, 0.29) is 17.8 Å². The molecule has 2 aliphatic heterocycles. The highest BCUT2D eigenvalue weighted by Gasteiger charge is 2.40. The molecule has 2 heterocycles. The predicted molar refractivity (Wildman–Crippen MR) is 109 cm³/mol. The first-order valence-corrected chi connectivity index (χ1v) is 10.3. The van der Waals surface area contributed by atoms with Crippen LogP contribution in [0.3, 0.4) is 0 Å². The monoisotopic (exact) mass is 401 g/mol. The number of rotatable bonds is 5. The van der Waals surface area contributed by atoms with E-state index < -0.39 is 5.79 Å². The zero-order chi connectivity index (χ0) is 20.4. The molecule has 1 saturated heterocycles. The summed E-state index contributed by atoms with van der Waals surface area (Å²) < 4.78 is 20.2. The third-order valence-electron chi connectivity index (χ3n) is 5.96. The number of fused-ring (bicyclic) bond motifs is 1. The smallest absolute Gasteiger partial charge is 0.224 e. The van der Waals surface area contributed by atoms with Crippen molar-refractivity contribution in [3.05, 3.63) is 41.0 Å². The summed E-state index contributed by atoms with van der Waals surface area (Å²) in [4.78, 5) is 18.3. The van der Waals surface area contributed by atoms with Gasteiger partial charge in [0.15, 0.2) is 0 Å². The Kier molecular flexibility index (Phi) is 5.56. The number of nitrogens with two attached hydrogens (primary N) is 1. The maximum absolute atomic E-state index is 14.0. The van der Waals surface area contributed by atoms with Gasteiger partial charge in [0.05, 0.1) is 12.0 Å². The van der Waals surface area contributed by atoms with Crippen LogP contribution in [0.25, 0.3) is 0 Å². The lowest BCUT2D eigenvalue weighted by molar-refractivity contribution is -0.120. The molecule has 4 N–H and O–H groups in total. The second kappa shape index (κ2) is 8.12. The van der Waals surface area contributed by atoms with Crippen molar-refractivity contribution in [1.29, 1.82) is 0 Å². The van der Waals surface area contributed by atoms with Crippen molar-refractivity contribution in [3.8, 4) is 5.75 Å². The molecule has 1 aromatic rings. The molecule has 0 bridgehead atoms. The third kappa shape index (κ3) is 3.86. The molecule has 0 aromatic heterocycles. The maximum Gasteiger partial charge on any atom is 0.224 e. The molecule has 4 rings (SSSR count). The first-order valence-electron chi connectivity index (χ1n) is 10.3. The Morgan fingerprint density at radius 3 is 2.90 bits per heavy atom. The van der Waals surface area contributed by atoms with Crippen molar-refractivity contribution in [2.75, 3.05) is 13.1 Å². The fraction of sp³-hybridized carbons (Fsp3) is 0.524. The van der Waals surface area contributed by atoms with Crippen LogP contribution in [0.4, 0.5) is 4.39 Å².